The molecule has 2 amide bonds. The molecule has 2 N–H and O–H groups in total. The van der Waals surface area contributed by atoms with E-state index in [0.29, 0.717) is 6.17 Å². The summed E-state index contributed by atoms with van der Waals surface area (Å²) in [6.07, 6.45) is 0.515. The summed E-state index contributed by atoms with van der Waals surface area (Å²) in [5, 5.41) is 6.47. The summed E-state index contributed by atoms with van der Waals surface area (Å²) < 4.78 is 13.0. The van der Waals surface area contributed by atoms with Gasteiger partial charge in [-0.2, -0.15) is 12.6 Å². The van der Waals surface area contributed by atoms with Crippen LogP contribution in [0.25, 0.3) is 0 Å². The summed E-state index contributed by atoms with van der Waals surface area (Å²) in [6, 6.07) is 5.75. The lowest BCUT2D eigenvalue weighted by Gasteiger charge is -2.25. The highest BCUT2D eigenvalue weighted by Crippen LogP contribution is 2.04. The van der Waals surface area contributed by atoms with Gasteiger partial charge in [-0.25, -0.2) is 4.39 Å². The zero-order chi connectivity index (χ0) is 16.0. The lowest BCUT2D eigenvalue weighted by Crippen LogP contribution is -2.55. The molecule has 0 saturated heterocycles. The molecule has 0 radical (unpaired) electrons. The zero-order valence-electron chi connectivity index (χ0n) is 12.4. The molecular weight excluding hydrogens is 307 g/mol. The van der Waals surface area contributed by atoms with Crippen molar-refractivity contribution < 1.29 is 14.0 Å². The Hall–Kier alpha value is -1.34. The monoisotopic (exact) mass is 328 g/mol. The highest BCUT2D eigenvalue weighted by molar-refractivity contribution is 7.80. The first-order valence-corrected chi connectivity index (χ1v) is 10.5. The van der Waals surface area contributed by atoms with E-state index < -0.39 is 14.1 Å². The van der Waals surface area contributed by atoms with Crippen LogP contribution in [0.2, 0.25) is 13.1 Å². The molecule has 0 bridgehead atoms. The van der Waals surface area contributed by atoms with E-state index in [1.165, 1.54) is 19.1 Å². The largest absolute Gasteiger partial charge is 0.357 e. The van der Waals surface area contributed by atoms with Crippen LogP contribution in [0.1, 0.15) is 6.92 Å². The molecule has 1 rings (SSSR count). The number of rotatable bonds is 6. The number of hydrogen-bond acceptors (Lipinski definition) is 3. The summed E-state index contributed by atoms with van der Waals surface area (Å²) in [7, 11) is -1.90. The quantitative estimate of drug-likeness (QED) is 0.535. The van der Waals surface area contributed by atoms with E-state index in [0.717, 1.165) is 5.19 Å². The summed E-state index contributed by atoms with van der Waals surface area (Å²) in [4.78, 5) is 23.0. The SMILES string of the molecule is CC(=O)NC(CS)C(=O)NC[Si](C)(C)c1ccc(F)cc1. The van der Waals surface area contributed by atoms with Crippen LogP contribution in [0.5, 0.6) is 0 Å². The van der Waals surface area contributed by atoms with E-state index in [2.05, 4.69) is 36.4 Å². The van der Waals surface area contributed by atoms with Crippen molar-refractivity contribution in [2.24, 2.45) is 0 Å². The molecule has 0 aromatic heterocycles. The van der Waals surface area contributed by atoms with Gasteiger partial charge in [0.25, 0.3) is 0 Å². The van der Waals surface area contributed by atoms with Gasteiger partial charge in [0.1, 0.15) is 19.9 Å². The molecule has 21 heavy (non-hydrogen) atoms. The molecule has 0 aliphatic heterocycles. The first-order chi connectivity index (χ1) is 9.76. The molecule has 1 aromatic rings. The van der Waals surface area contributed by atoms with Crippen LogP contribution in [0.3, 0.4) is 0 Å². The van der Waals surface area contributed by atoms with Crippen molar-refractivity contribution in [3.05, 3.63) is 30.1 Å². The van der Waals surface area contributed by atoms with E-state index in [1.807, 2.05) is 0 Å². The molecule has 116 valence electrons. The van der Waals surface area contributed by atoms with Gasteiger partial charge in [0.05, 0.1) is 0 Å². The smallest absolute Gasteiger partial charge is 0.243 e. The van der Waals surface area contributed by atoms with E-state index in [-0.39, 0.29) is 23.4 Å². The Labute approximate surface area is 130 Å². The number of hydrogen-bond donors (Lipinski definition) is 3. The van der Waals surface area contributed by atoms with Crippen LogP contribution < -0.4 is 15.8 Å². The number of carbonyl (C=O) groups excluding carboxylic acids is 2. The predicted octanol–water partition coefficient (Wildman–Crippen LogP) is 0.831. The summed E-state index contributed by atoms with van der Waals surface area (Å²) >= 11 is 4.07. The minimum Gasteiger partial charge on any atom is -0.357 e. The second-order valence-electron chi connectivity index (χ2n) is 5.54. The molecule has 0 heterocycles. The van der Waals surface area contributed by atoms with Crippen molar-refractivity contribution in [3.8, 4) is 0 Å². The third-order valence-electron chi connectivity index (χ3n) is 3.21. The number of halogens is 1. The van der Waals surface area contributed by atoms with Gasteiger partial charge >= 0.3 is 0 Å². The molecule has 7 heteroatoms. The van der Waals surface area contributed by atoms with Gasteiger partial charge in [-0.3, -0.25) is 9.59 Å². The number of nitrogens with one attached hydrogen (secondary N) is 2. The van der Waals surface area contributed by atoms with Crippen LogP contribution in [-0.4, -0.2) is 37.9 Å². The van der Waals surface area contributed by atoms with Gasteiger partial charge in [-0.1, -0.05) is 30.4 Å². The number of carbonyl (C=O) groups is 2. The van der Waals surface area contributed by atoms with Gasteiger partial charge in [-0.15, -0.1) is 0 Å². The standard InChI is InChI=1S/C14H21FN2O2SSi/c1-10(18)17-13(8-20)14(19)16-9-21(2,3)12-6-4-11(15)5-7-12/h4-7,13,20H,8-9H2,1-3H3,(H,16,19)(H,17,18). The third-order valence-corrected chi connectivity index (χ3v) is 6.53. The molecule has 0 aliphatic carbocycles. The highest BCUT2D eigenvalue weighted by atomic mass is 32.1. The Morgan fingerprint density at radius 2 is 1.86 bits per heavy atom. The molecule has 4 nitrogen and oxygen atoms in total. The second kappa shape index (κ2) is 7.60. The maximum absolute atomic E-state index is 13.0. The molecule has 1 aromatic carbocycles. The fourth-order valence-electron chi connectivity index (χ4n) is 1.87. The maximum atomic E-state index is 13.0. The molecule has 1 unspecified atom stereocenters. The fourth-order valence-corrected chi connectivity index (χ4v) is 4.02. The minimum atomic E-state index is -1.90. The number of benzene rings is 1. The van der Waals surface area contributed by atoms with Crippen molar-refractivity contribution in [3.63, 3.8) is 0 Å². The topological polar surface area (TPSA) is 58.2 Å². The van der Waals surface area contributed by atoms with Crippen LogP contribution in [0.4, 0.5) is 4.39 Å². The Balaban J connectivity index is 2.65. The van der Waals surface area contributed by atoms with E-state index in [4.69, 9.17) is 0 Å². The lowest BCUT2D eigenvalue weighted by molar-refractivity contribution is -0.127. The Morgan fingerprint density at radius 1 is 1.29 bits per heavy atom. The molecule has 0 aliphatic rings. The average Bonchev–Trinajstić information content (AvgIpc) is 2.42. The maximum Gasteiger partial charge on any atom is 0.243 e. The van der Waals surface area contributed by atoms with Crippen LogP contribution in [0, 0.1) is 5.82 Å². The lowest BCUT2D eigenvalue weighted by atomic mass is 10.3. The predicted molar refractivity (Wildman–Crippen MR) is 88.0 cm³/mol. The average molecular weight is 328 g/mol. The van der Waals surface area contributed by atoms with E-state index in [9.17, 15) is 14.0 Å². The normalized spacial score (nSPS) is 12.6. The van der Waals surface area contributed by atoms with Crippen molar-refractivity contribution >= 4 is 37.7 Å². The van der Waals surface area contributed by atoms with E-state index in [1.54, 1.807) is 12.1 Å². The summed E-state index contributed by atoms with van der Waals surface area (Å²) in [5.41, 5.74) is 0. The Bertz CT molecular complexity index is 508. The van der Waals surface area contributed by atoms with Crippen LogP contribution in [-0.2, 0) is 9.59 Å². The minimum absolute atomic E-state index is 0.240. The van der Waals surface area contributed by atoms with Crippen molar-refractivity contribution in [1.82, 2.24) is 10.6 Å². The van der Waals surface area contributed by atoms with Crippen molar-refractivity contribution in [2.75, 3.05) is 11.9 Å². The molecule has 0 fully saturated rings. The second-order valence-corrected chi connectivity index (χ2v) is 10.6. The van der Waals surface area contributed by atoms with Gasteiger partial charge in [0.15, 0.2) is 0 Å². The highest BCUT2D eigenvalue weighted by Gasteiger charge is 2.26. The van der Waals surface area contributed by atoms with E-state index >= 15 is 0 Å². The summed E-state index contributed by atoms with van der Waals surface area (Å²) in [5.74, 6) is -0.542. The summed E-state index contributed by atoms with van der Waals surface area (Å²) in [6.45, 7) is 5.55. The van der Waals surface area contributed by atoms with Crippen LogP contribution in [0.15, 0.2) is 24.3 Å². The molecule has 1 atom stereocenters. The van der Waals surface area contributed by atoms with Crippen molar-refractivity contribution in [1.29, 1.82) is 0 Å². The van der Waals surface area contributed by atoms with Gasteiger partial charge < -0.3 is 10.6 Å². The molecular formula is C14H21FN2O2SSi. The van der Waals surface area contributed by atoms with Crippen LogP contribution >= 0.6 is 12.6 Å². The Morgan fingerprint density at radius 3 is 2.33 bits per heavy atom. The number of amides is 2. The molecule has 0 spiro atoms. The first-order valence-electron chi connectivity index (χ1n) is 6.68. The van der Waals surface area contributed by atoms with Gasteiger partial charge in [0.2, 0.25) is 11.8 Å². The van der Waals surface area contributed by atoms with Crippen molar-refractivity contribution in [2.45, 2.75) is 26.1 Å². The zero-order valence-corrected chi connectivity index (χ0v) is 14.3. The van der Waals surface area contributed by atoms with Gasteiger partial charge in [0, 0.05) is 18.8 Å². The first kappa shape index (κ1) is 17.7. The fraction of sp³-hybridized carbons (Fsp3) is 0.429. The molecule has 0 saturated carbocycles. The Kier molecular flexibility index (Phi) is 6.41. The van der Waals surface area contributed by atoms with Gasteiger partial charge in [-0.05, 0) is 12.1 Å². The number of thiol groups is 1. The third kappa shape index (κ3) is 5.51.